The number of hydrogen-bond acceptors (Lipinski definition) is 5. The molecule has 0 bridgehead atoms. The van der Waals surface area contributed by atoms with Crippen molar-refractivity contribution in [1.82, 2.24) is 4.57 Å². The molecule has 6 rings (SSSR count). The molecular weight excluding hydrogens is 617 g/mol. The maximum atomic E-state index is 12.1. The minimum atomic E-state index is -4.35. The normalized spacial score (nSPS) is 14.6. The van der Waals surface area contributed by atoms with Crippen molar-refractivity contribution in [3.8, 4) is 17.2 Å². The van der Waals surface area contributed by atoms with Gasteiger partial charge in [-0.15, -0.1) is 0 Å². The van der Waals surface area contributed by atoms with Crippen LogP contribution >= 0.6 is 0 Å². The van der Waals surface area contributed by atoms with E-state index in [0.29, 0.717) is 23.7 Å². The van der Waals surface area contributed by atoms with Crippen molar-refractivity contribution in [3.05, 3.63) is 94.5 Å². The molecule has 0 spiro atoms. The van der Waals surface area contributed by atoms with Gasteiger partial charge in [-0.3, -0.25) is 0 Å². The second-order valence-corrected chi connectivity index (χ2v) is 13.8. The van der Waals surface area contributed by atoms with Crippen LogP contribution in [0.5, 0.6) is 11.5 Å². The maximum absolute atomic E-state index is 12.1. The summed E-state index contributed by atoms with van der Waals surface area (Å²) in [7, 11) is -2.66. The zero-order valence-electron chi connectivity index (χ0n) is 23.9. The number of anilines is 1. The summed E-state index contributed by atoms with van der Waals surface area (Å²) in [6.45, 7) is 7.08. The molecule has 1 aliphatic rings. The van der Waals surface area contributed by atoms with Gasteiger partial charge < -0.3 is 0 Å². The fourth-order valence-corrected chi connectivity index (χ4v) is 8.54. The molecule has 8 nitrogen and oxygen atoms in total. The van der Waals surface area contributed by atoms with Crippen molar-refractivity contribution in [1.29, 1.82) is 0 Å². The number of ether oxygens (including phenoxy) is 2. The number of aromatic nitrogens is 2. The quantitative estimate of drug-likeness (QED) is 0.129. The van der Waals surface area contributed by atoms with Gasteiger partial charge >= 0.3 is 234 Å². The van der Waals surface area contributed by atoms with E-state index in [0.717, 1.165) is 40.0 Å². The first kappa shape index (κ1) is 28.3. The molecule has 5 aromatic rings. The Bertz CT molecular complexity index is 2010. The van der Waals surface area contributed by atoms with E-state index in [-0.39, 0.29) is 14.5 Å². The molecule has 1 N–H and O–H groups in total. The summed E-state index contributed by atoms with van der Waals surface area (Å²) in [4.78, 5) is 1.52. The molecular formula is C32H32N3O5SSe+. The van der Waals surface area contributed by atoms with E-state index in [1.54, 1.807) is 7.11 Å². The summed E-state index contributed by atoms with van der Waals surface area (Å²) in [5.74, 6) is 1.16. The third-order valence-electron chi connectivity index (χ3n) is 7.47. The van der Waals surface area contributed by atoms with E-state index < -0.39 is 16.0 Å². The molecule has 10 heteroatoms. The number of benzene rings is 3. The molecule has 2 aromatic heterocycles. The number of fused-ring (bicyclic) bond motifs is 3. The molecule has 0 saturated carbocycles. The van der Waals surface area contributed by atoms with Crippen LogP contribution in [0.4, 0.5) is 5.69 Å². The van der Waals surface area contributed by atoms with Crippen LogP contribution in [-0.4, -0.2) is 45.0 Å². The molecule has 3 aromatic carbocycles. The van der Waals surface area contributed by atoms with Gasteiger partial charge in [0.05, 0.1) is 0 Å². The SMILES string of the molecule is CCC(/C=C1\Oc2ccc(-n3ccc4ccccc43)cc2N1CS(=O)(=O)O)=C\c1[se]c2cc(OC)c(C)cc2[n+]1CC. The van der Waals surface area contributed by atoms with Gasteiger partial charge in [0.1, 0.15) is 0 Å². The summed E-state index contributed by atoms with van der Waals surface area (Å²) in [5, 5.41) is 1.10. The fourth-order valence-electron chi connectivity index (χ4n) is 5.40. The fraction of sp³-hybridized carbons (Fsp3) is 0.219. The van der Waals surface area contributed by atoms with E-state index >= 15 is 0 Å². The van der Waals surface area contributed by atoms with Gasteiger partial charge in [0.15, 0.2) is 0 Å². The summed E-state index contributed by atoms with van der Waals surface area (Å²) < 4.78 is 52.8. The molecule has 0 saturated heterocycles. The van der Waals surface area contributed by atoms with Crippen molar-refractivity contribution in [2.45, 2.75) is 33.7 Å². The van der Waals surface area contributed by atoms with Gasteiger partial charge in [-0.25, -0.2) is 0 Å². The number of rotatable bonds is 8. The van der Waals surface area contributed by atoms with Crippen molar-refractivity contribution < 1.29 is 27.0 Å². The zero-order chi connectivity index (χ0) is 29.6. The average Bonchev–Trinajstić information content (AvgIpc) is 3.64. The number of aryl methyl sites for hydroxylation is 2. The Morgan fingerprint density at radius 3 is 2.67 bits per heavy atom. The number of hydrogen-bond donors (Lipinski definition) is 1. The third-order valence-corrected chi connectivity index (χ3v) is 10.4. The Morgan fingerprint density at radius 2 is 1.93 bits per heavy atom. The van der Waals surface area contributed by atoms with Gasteiger partial charge in [-0.05, 0) is 0 Å². The monoisotopic (exact) mass is 650 g/mol. The Labute approximate surface area is 251 Å². The molecule has 216 valence electrons. The second-order valence-electron chi connectivity index (χ2n) is 10.2. The van der Waals surface area contributed by atoms with Crippen LogP contribution in [-0.2, 0) is 16.7 Å². The molecule has 0 amide bonds. The summed E-state index contributed by atoms with van der Waals surface area (Å²) in [5.41, 5.74) is 5.76. The van der Waals surface area contributed by atoms with Gasteiger partial charge in [-0.2, -0.15) is 0 Å². The van der Waals surface area contributed by atoms with Gasteiger partial charge in [0.2, 0.25) is 0 Å². The van der Waals surface area contributed by atoms with E-state index in [1.807, 2.05) is 65.4 Å². The van der Waals surface area contributed by atoms with Crippen molar-refractivity contribution >= 4 is 57.1 Å². The van der Waals surface area contributed by atoms with Crippen LogP contribution in [0.1, 0.15) is 30.4 Å². The molecule has 0 unspecified atom stereocenters. The first-order chi connectivity index (χ1) is 20.2. The summed E-state index contributed by atoms with van der Waals surface area (Å²) in [6.07, 6.45) is 6.74. The Kier molecular flexibility index (Phi) is 7.49. The first-order valence-corrected chi connectivity index (χ1v) is 17.1. The van der Waals surface area contributed by atoms with Crippen molar-refractivity contribution in [3.63, 3.8) is 0 Å². The standard InChI is InChI=1S/C32H31N3O5SSe/c1-5-22(17-32-33(6-2)27-15-21(3)29(39-4)19-30(27)42-32)16-31-35(20-41(36,37)38)26-18-24(11-12-28(26)40-31)34-14-13-23-9-7-8-10-25(23)34/h7-19H,5-6,20H2,1-4H3/p+1. The van der Waals surface area contributed by atoms with Crippen LogP contribution in [0.2, 0.25) is 0 Å². The molecule has 42 heavy (non-hydrogen) atoms. The molecule has 0 aliphatic carbocycles. The van der Waals surface area contributed by atoms with Crippen molar-refractivity contribution in [2.24, 2.45) is 0 Å². The zero-order valence-corrected chi connectivity index (χ0v) is 26.4. The number of allylic oxidation sites excluding steroid dienone is 2. The first-order valence-electron chi connectivity index (χ1n) is 13.7. The molecule has 3 heterocycles. The molecule has 0 fully saturated rings. The topological polar surface area (TPSA) is 84.9 Å². The van der Waals surface area contributed by atoms with Crippen LogP contribution < -0.4 is 18.9 Å². The Morgan fingerprint density at radius 1 is 1.12 bits per heavy atom. The number of nitrogens with zero attached hydrogens (tertiary/aromatic N) is 3. The Hall–Kier alpha value is -3.82. The van der Waals surface area contributed by atoms with E-state index in [9.17, 15) is 13.0 Å². The van der Waals surface area contributed by atoms with Gasteiger partial charge in [0, 0.05) is 0 Å². The van der Waals surface area contributed by atoms with E-state index in [2.05, 4.69) is 43.5 Å². The minimum absolute atomic E-state index is 0.0767. The van der Waals surface area contributed by atoms with Gasteiger partial charge in [-0.1, -0.05) is 18.2 Å². The van der Waals surface area contributed by atoms with Crippen LogP contribution in [0.3, 0.4) is 0 Å². The average molecular weight is 650 g/mol. The van der Waals surface area contributed by atoms with Crippen LogP contribution in [0, 0.1) is 6.92 Å². The molecule has 1 aliphatic heterocycles. The number of methoxy groups -OCH3 is 1. The predicted octanol–water partition coefficient (Wildman–Crippen LogP) is 5.84. The number of para-hydroxylation sites is 1. The summed E-state index contributed by atoms with van der Waals surface area (Å²) >= 11 is 0.0767. The van der Waals surface area contributed by atoms with Gasteiger partial charge in [0.25, 0.3) is 0 Å². The van der Waals surface area contributed by atoms with Crippen molar-refractivity contribution in [2.75, 3.05) is 17.9 Å². The summed E-state index contributed by atoms with van der Waals surface area (Å²) in [6, 6.07) is 20.1. The predicted molar refractivity (Wildman–Crippen MR) is 167 cm³/mol. The van der Waals surface area contributed by atoms with Crippen LogP contribution in [0.25, 0.3) is 32.4 Å². The molecule has 0 radical (unpaired) electrons. The third kappa shape index (κ3) is 5.27. The van der Waals surface area contributed by atoms with Crippen LogP contribution in [0.15, 0.2) is 84.4 Å². The Balaban J connectivity index is 1.42. The second kappa shape index (κ2) is 11.1. The molecule has 0 atom stereocenters. The van der Waals surface area contributed by atoms with E-state index in [1.165, 1.54) is 19.2 Å². The van der Waals surface area contributed by atoms with E-state index in [4.69, 9.17) is 9.47 Å².